The molecule has 28 heavy (non-hydrogen) atoms. The highest BCUT2D eigenvalue weighted by Crippen LogP contribution is 2.30. The maximum Gasteiger partial charge on any atom is 0.201 e. The van der Waals surface area contributed by atoms with Crippen LogP contribution in [0.4, 0.5) is 20.3 Å². The zero-order chi connectivity index (χ0) is 20.4. The van der Waals surface area contributed by atoms with Gasteiger partial charge in [-0.05, 0) is 37.9 Å². The minimum Gasteiger partial charge on any atom is -0.367 e. The molecule has 0 amide bonds. The zero-order valence-electron chi connectivity index (χ0n) is 15.9. The first-order valence-corrected chi connectivity index (χ1v) is 9.70. The van der Waals surface area contributed by atoms with Crippen LogP contribution in [0.2, 0.25) is 0 Å². The standard InChI is InChI=1S/C19H21F2N5OS/c1-9(2)25-19-14-11(7-22-18(14)23-8-24-19)17(27)15-12(20)5-6-13(16(15)21)26-28-10(3)4/h5-10,26H,1-4H3,(H2,22,23,24,25). The molecule has 9 heteroatoms. The lowest BCUT2D eigenvalue weighted by Gasteiger charge is -2.13. The van der Waals surface area contributed by atoms with E-state index in [1.54, 1.807) is 0 Å². The lowest BCUT2D eigenvalue weighted by atomic mass is 10.0. The van der Waals surface area contributed by atoms with Crippen LogP contribution < -0.4 is 10.0 Å². The summed E-state index contributed by atoms with van der Waals surface area (Å²) in [4.78, 5) is 24.2. The van der Waals surface area contributed by atoms with Gasteiger partial charge < -0.3 is 15.0 Å². The summed E-state index contributed by atoms with van der Waals surface area (Å²) < 4.78 is 32.2. The Morgan fingerprint density at radius 1 is 1.18 bits per heavy atom. The van der Waals surface area contributed by atoms with Crippen LogP contribution in [-0.2, 0) is 0 Å². The van der Waals surface area contributed by atoms with Crippen LogP contribution >= 0.6 is 11.9 Å². The van der Waals surface area contributed by atoms with Crippen molar-refractivity contribution in [3.63, 3.8) is 0 Å². The number of carbonyl (C=O) groups excluding carboxylic acids is 1. The molecule has 148 valence electrons. The molecule has 0 fully saturated rings. The molecule has 1 aromatic carbocycles. The number of nitrogens with zero attached hydrogens (tertiary/aromatic N) is 2. The molecule has 3 N–H and O–H groups in total. The maximum atomic E-state index is 14.9. The summed E-state index contributed by atoms with van der Waals surface area (Å²) in [5, 5.41) is 3.71. The van der Waals surface area contributed by atoms with Crippen LogP contribution in [-0.4, -0.2) is 32.0 Å². The number of anilines is 2. The zero-order valence-corrected chi connectivity index (χ0v) is 16.7. The molecule has 0 spiro atoms. The number of hydrogen-bond donors (Lipinski definition) is 3. The number of aromatic nitrogens is 3. The SMILES string of the molecule is CC(C)Nc1ncnc2[nH]cc(C(=O)c3c(F)ccc(NSC(C)C)c3F)c12. The molecule has 0 atom stereocenters. The van der Waals surface area contributed by atoms with E-state index in [0.29, 0.717) is 16.9 Å². The van der Waals surface area contributed by atoms with Gasteiger partial charge in [0.15, 0.2) is 5.82 Å². The lowest BCUT2D eigenvalue weighted by Crippen LogP contribution is -2.13. The van der Waals surface area contributed by atoms with Gasteiger partial charge in [0, 0.05) is 17.5 Å². The third-order valence-corrected chi connectivity index (χ3v) is 4.67. The van der Waals surface area contributed by atoms with Gasteiger partial charge in [0.25, 0.3) is 0 Å². The van der Waals surface area contributed by atoms with Crippen LogP contribution in [0.3, 0.4) is 0 Å². The molecule has 0 radical (unpaired) electrons. The van der Waals surface area contributed by atoms with Crippen molar-refractivity contribution in [1.29, 1.82) is 0 Å². The largest absolute Gasteiger partial charge is 0.367 e. The molecule has 0 aliphatic carbocycles. The summed E-state index contributed by atoms with van der Waals surface area (Å²) in [5.41, 5.74) is -0.0492. The summed E-state index contributed by atoms with van der Waals surface area (Å²) in [6.07, 6.45) is 2.75. The number of H-pyrrole nitrogens is 1. The third kappa shape index (κ3) is 3.94. The number of benzene rings is 1. The van der Waals surface area contributed by atoms with Crippen LogP contribution in [0.25, 0.3) is 11.0 Å². The second-order valence-corrected chi connectivity index (χ2v) is 8.21. The minimum absolute atomic E-state index is 0.0463. The molecule has 2 aromatic heterocycles. The Kier molecular flexibility index (Phi) is 5.83. The highest BCUT2D eigenvalue weighted by molar-refractivity contribution is 8.01. The van der Waals surface area contributed by atoms with Gasteiger partial charge in [0.1, 0.15) is 23.6 Å². The Morgan fingerprint density at radius 3 is 2.61 bits per heavy atom. The van der Waals surface area contributed by atoms with E-state index in [2.05, 4.69) is 25.0 Å². The number of carbonyl (C=O) groups is 1. The molecule has 3 aromatic rings. The minimum atomic E-state index is -0.928. The first kappa shape index (κ1) is 20.1. The van der Waals surface area contributed by atoms with E-state index in [4.69, 9.17) is 0 Å². The molecule has 0 bridgehead atoms. The Morgan fingerprint density at radius 2 is 1.93 bits per heavy atom. The van der Waals surface area contributed by atoms with Crippen LogP contribution in [0.1, 0.15) is 43.6 Å². The van der Waals surface area contributed by atoms with Gasteiger partial charge in [-0.3, -0.25) is 4.79 Å². The van der Waals surface area contributed by atoms with E-state index in [1.165, 1.54) is 30.5 Å². The van der Waals surface area contributed by atoms with Gasteiger partial charge in [0.05, 0.1) is 22.2 Å². The number of fused-ring (bicyclic) bond motifs is 1. The Balaban J connectivity index is 2.09. The summed E-state index contributed by atoms with van der Waals surface area (Å²) >= 11 is 1.27. The lowest BCUT2D eigenvalue weighted by molar-refractivity contribution is 0.103. The van der Waals surface area contributed by atoms with E-state index in [-0.39, 0.29) is 22.5 Å². The maximum absolute atomic E-state index is 14.9. The van der Waals surface area contributed by atoms with Gasteiger partial charge >= 0.3 is 0 Å². The average Bonchev–Trinajstić information content (AvgIpc) is 3.05. The quantitative estimate of drug-likeness (QED) is 0.388. The predicted molar refractivity (Wildman–Crippen MR) is 109 cm³/mol. The summed E-state index contributed by atoms with van der Waals surface area (Å²) in [7, 11) is 0. The van der Waals surface area contributed by atoms with Crippen molar-refractivity contribution >= 4 is 40.3 Å². The van der Waals surface area contributed by atoms with Crippen molar-refractivity contribution < 1.29 is 13.6 Å². The average molecular weight is 405 g/mol. The van der Waals surface area contributed by atoms with Gasteiger partial charge in [-0.15, -0.1) is 0 Å². The van der Waals surface area contributed by atoms with Crippen molar-refractivity contribution in [1.82, 2.24) is 15.0 Å². The molecule has 2 heterocycles. The first-order valence-electron chi connectivity index (χ1n) is 8.82. The molecular weight excluding hydrogens is 384 g/mol. The number of rotatable bonds is 7. The Bertz CT molecular complexity index is 1020. The molecule has 0 saturated heterocycles. The van der Waals surface area contributed by atoms with Crippen molar-refractivity contribution in [2.24, 2.45) is 0 Å². The predicted octanol–water partition coefficient (Wildman–Crippen LogP) is 4.76. The van der Waals surface area contributed by atoms with Gasteiger partial charge in [-0.1, -0.05) is 13.8 Å². The van der Waals surface area contributed by atoms with Crippen molar-refractivity contribution in [3.05, 3.63) is 47.4 Å². The summed E-state index contributed by atoms with van der Waals surface area (Å²) in [5.74, 6) is -2.20. The smallest absolute Gasteiger partial charge is 0.201 e. The van der Waals surface area contributed by atoms with Crippen molar-refractivity contribution in [3.8, 4) is 0 Å². The summed E-state index contributed by atoms with van der Waals surface area (Å²) in [6.45, 7) is 7.70. The molecule has 3 rings (SSSR count). The molecular formula is C19H21F2N5OS. The molecule has 6 nitrogen and oxygen atoms in total. The fraction of sp³-hybridized carbons (Fsp3) is 0.316. The van der Waals surface area contributed by atoms with Crippen LogP contribution in [0.15, 0.2) is 24.7 Å². The fourth-order valence-electron chi connectivity index (χ4n) is 2.68. The van der Waals surface area contributed by atoms with Crippen molar-refractivity contribution in [2.75, 3.05) is 10.0 Å². The van der Waals surface area contributed by atoms with Gasteiger partial charge in [-0.2, -0.15) is 0 Å². The number of ketones is 1. The highest BCUT2D eigenvalue weighted by Gasteiger charge is 2.26. The van der Waals surface area contributed by atoms with Crippen molar-refractivity contribution in [2.45, 2.75) is 39.0 Å². The number of hydrogen-bond acceptors (Lipinski definition) is 6. The molecule has 0 aliphatic heterocycles. The van der Waals surface area contributed by atoms with E-state index < -0.39 is 23.0 Å². The fourth-order valence-corrected chi connectivity index (χ4v) is 3.20. The monoisotopic (exact) mass is 405 g/mol. The second kappa shape index (κ2) is 8.14. The topological polar surface area (TPSA) is 82.7 Å². The van der Waals surface area contributed by atoms with E-state index in [1.807, 2.05) is 27.7 Å². The van der Waals surface area contributed by atoms with Crippen LogP contribution in [0.5, 0.6) is 0 Å². The number of aromatic amines is 1. The molecule has 0 aliphatic rings. The highest BCUT2D eigenvalue weighted by atomic mass is 32.2. The second-order valence-electron chi connectivity index (χ2n) is 6.83. The normalized spacial score (nSPS) is 11.4. The van der Waals surface area contributed by atoms with E-state index >= 15 is 0 Å². The molecule has 0 unspecified atom stereocenters. The Labute approximate surface area is 165 Å². The van der Waals surface area contributed by atoms with Crippen LogP contribution in [0, 0.1) is 11.6 Å². The van der Waals surface area contributed by atoms with E-state index in [0.717, 1.165) is 6.07 Å². The van der Waals surface area contributed by atoms with E-state index in [9.17, 15) is 13.6 Å². The van der Waals surface area contributed by atoms with Gasteiger partial charge in [0.2, 0.25) is 5.78 Å². The van der Waals surface area contributed by atoms with Gasteiger partial charge in [-0.25, -0.2) is 18.7 Å². The Hall–Kier alpha value is -2.68. The first-order chi connectivity index (χ1) is 13.3. The number of halogens is 2. The molecule has 0 saturated carbocycles. The number of nitrogens with one attached hydrogen (secondary N) is 3. The third-order valence-electron chi connectivity index (χ3n) is 3.86. The summed E-state index contributed by atoms with van der Waals surface area (Å²) in [6, 6.07) is 2.41.